The van der Waals surface area contributed by atoms with E-state index in [1.165, 1.54) is 5.56 Å². The van der Waals surface area contributed by atoms with Gasteiger partial charge >= 0.3 is 5.97 Å². The summed E-state index contributed by atoms with van der Waals surface area (Å²) in [6.45, 7) is 4.70. The first-order valence-corrected chi connectivity index (χ1v) is 13.5. The molecule has 2 aliphatic rings. The number of hydrogen-bond acceptors (Lipinski definition) is 3. The van der Waals surface area contributed by atoms with E-state index in [0.29, 0.717) is 23.5 Å². The van der Waals surface area contributed by atoms with Gasteiger partial charge in [0.05, 0.1) is 23.9 Å². The minimum Gasteiger partial charge on any atom is -0.478 e. The fraction of sp³-hybridized carbons (Fsp3) is 0.333. The topological polar surface area (TPSA) is 64.3 Å². The van der Waals surface area contributed by atoms with Gasteiger partial charge in [0.25, 0.3) is 0 Å². The summed E-state index contributed by atoms with van der Waals surface area (Å²) in [6.07, 6.45) is 4.10. The maximum Gasteiger partial charge on any atom is 0.335 e. The summed E-state index contributed by atoms with van der Waals surface area (Å²) in [6, 6.07) is 22.4. The number of likely N-dealkylation sites (tertiary alicyclic amines) is 1. The second-order valence-electron chi connectivity index (χ2n) is 10.6. The summed E-state index contributed by atoms with van der Waals surface area (Å²) in [7, 11) is 0. The van der Waals surface area contributed by atoms with Crippen molar-refractivity contribution in [2.45, 2.75) is 39.0 Å². The largest absolute Gasteiger partial charge is 0.478 e. The van der Waals surface area contributed by atoms with E-state index in [1.54, 1.807) is 6.07 Å². The van der Waals surface area contributed by atoms with Gasteiger partial charge in [-0.15, -0.1) is 0 Å². The molecule has 0 saturated carbocycles. The molecule has 1 saturated heterocycles. The fourth-order valence-corrected chi connectivity index (χ4v) is 6.07. The molecule has 0 bridgehead atoms. The Kier molecular flexibility index (Phi) is 7.72. The number of rotatable bonds is 8. The molecule has 1 aliphatic carbocycles. The number of aryl methyl sites for hydroxylation is 2. The van der Waals surface area contributed by atoms with Crippen molar-refractivity contribution in [2.75, 3.05) is 26.3 Å². The lowest BCUT2D eigenvalue weighted by Gasteiger charge is -2.39. The molecule has 5 rings (SSSR count). The quantitative estimate of drug-likeness (QED) is 0.368. The van der Waals surface area contributed by atoms with Crippen LogP contribution in [0.1, 0.15) is 68.6 Å². The first kappa shape index (κ1) is 25.9. The number of benzene rings is 3. The van der Waals surface area contributed by atoms with E-state index < -0.39 is 5.97 Å². The maximum absolute atomic E-state index is 12.5. The number of fused-ring (bicyclic) bond motifs is 1. The van der Waals surface area contributed by atoms with Crippen molar-refractivity contribution in [1.82, 2.24) is 4.90 Å². The molecule has 0 atom stereocenters. The third kappa shape index (κ3) is 5.28. The predicted molar refractivity (Wildman–Crippen MR) is 149 cm³/mol. The Labute approximate surface area is 224 Å². The van der Waals surface area contributed by atoms with Gasteiger partial charge < -0.3 is 10.0 Å². The van der Waals surface area contributed by atoms with Crippen LogP contribution in [0.5, 0.6) is 0 Å². The number of nitriles is 1. The molecule has 0 radical (unpaired) electrons. The van der Waals surface area contributed by atoms with Gasteiger partial charge in [-0.25, -0.2) is 4.79 Å². The highest BCUT2D eigenvalue weighted by molar-refractivity contribution is 6.02. The number of carboxylic acid groups (broad SMARTS) is 1. The van der Waals surface area contributed by atoms with E-state index in [4.69, 9.17) is 0 Å². The smallest absolute Gasteiger partial charge is 0.335 e. The predicted octanol–water partition coefficient (Wildman–Crippen LogP) is 6.69. The standard InChI is InChI=1S/C33H33FN2O2/c1-22-5-2-7-28(19-35)31(22)30-8-3-6-26-18-27(33(37)38)13-14-29(26)32(30)25-11-9-23(10-12-25)17-24-20-36(21-24)16-4-15-34/h2,5,7,9-14,18,24H,3-4,6,8,15-17,20-21H2,1H3,(H,37,38). The molecule has 38 heavy (non-hydrogen) atoms. The lowest BCUT2D eigenvalue weighted by atomic mass is 9.84. The molecule has 0 spiro atoms. The second-order valence-corrected chi connectivity index (χ2v) is 10.6. The molecule has 0 amide bonds. The SMILES string of the molecule is Cc1cccc(C#N)c1C1=C(c2ccc(CC3CN(CCCF)C3)cc2)c2ccc(C(=O)O)cc2CCC1. The van der Waals surface area contributed by atoms with Crippen LogP contribution < -0.4 is 0 Å². The number of hydrogen-bond donors (Lipinski definition) is 1. The molecule has 1 heterocycles. The summed E-state index contributed by atoms with van der Waals surface area (Å²) in [5.41, 5.74) is 9.73. The number of alkyl halides is 1. The number of carboxylic acids is 1. The number of carbonyl (C=O) groups is 1. The van der Waals surface area contributed by atoms with Gasteiger partial charge in [0, 0.05) is 19.6 Å². The van der Waals surface area contributed by atoms with Gasteiger partial charge in [-0.1, -0.05) is 42.5 Å². The van der Waals surface area contributed by atoms with Crippen LogP contribution in [-0.4, -0.2) is 42.3 Å². The van der Waals surface area contributed by atoms with Crippen molar-refractivity contribution in [2.24, 2.45) is 5.92 Å². The van der Waals surface area contributed by atoms with Crippen LogP contribution in [0.4, 0.5) is 4.39 Å². The van der Waals surface area contributed by atoms with Crippen LogP contribution in [-0.2, 0) is 12.8 Å². The molecule has 3 aromatic carbocycles. The molecule has 0 aromatic heterocycles. The summed E-state index contributed by atoms with van der Waals surface area (Å²) in [4.78, 5) is 14.0. The molecule has 194 valence electrons. The van der Waals surface area contributed by atoms with E-state index >= 15 is 0 Å². The highest BCUT2D eigenvalue weighted by atomic mass is 19.1. The third-order valence-corrected chi connectivity index (χ3v) is 7.90. The summed E-state index contributed by atoms with van der Waals surface area (Å²) in [5.74, 6) is -0.314. The summed E-state index contributed by atoms with van der Waals surface area (Å²) in [5, 5.41) is 19.5. The van der Waals surface area contributed by atoms with Crippen LogP contribution in [0.3, 0.4) is 0 Å². The van der Waals surface area contributed by atoms with E-state index in [9.17, 15) is 19.6 Å². The summed E-state index contributed by atoms with van der Waals surface area (Å²) < 4.78 is 12.5. The van der Waals surface area contributed by atoms with Gasteiger partial charge in [-0.3, -0.25) is 4.39 Å². The Hall–Kier alpha value is -3.75. The Balaban J connectivity index is 1.55. The number of nitrogens with zero attached hydrogens (tertiary/aromatic N) is 2. The van der Waals surface area contributed by atoms with Crippen LogP contribution in [0, 0.1) is 24.2 Å². The second kappa shape index (κ2) is 11.3. The normalized spacial score (nSPS) is 15.9. The van der Waals surface area contributed by atoms with Crippen LogP contribution in [0.15, 0.2) is 60.7 Å². The van der Waals surface area contributed by atoms with E-state index in [2.05, 4.69) is 48.2 Å². The van der Waals surface area contributed by atoms with E-state index in [1.807, 2.05) is 24.3 Å². The molecule has 1 aliphatic heterocycles. The third-order valence-electron chi connectivity index (χ3n) is 7.90. The highest BCUT2D eigenvalue weighted by Crippen LogP contribution is 2.42. The van der Waals surface area contributed by atoms with Gasteiger partial charge in [0.2, 0.25) is 0 Å². The number of aromatic carboxylic acids is 1. The molecule has 0 unspecified atom stereocenters. The minimum atomic E-state index is -0.919. The summed E-state index contributed by atoms with van der Waals surface area (Å²) >= 11 is 0. The molecule has 1 fully saturated rings. The maximum atomic E-state index is 12.5. The zero-order valence-corrected chi connectivity index (χ0v) is 21.8. The van der Waals surface area contributed by atoms with Crippen LogP contribution in [0.25, 0.3) is 11.1 Å². The molecule has 5 heteroatoms. The van der Waals surface area contributed by atoms with Crippen molar-refractivity contribution in [3.63, 3.8) is 0 Å². The zero-order valence-electron chi connectivity index (χ0n) is 21.8. The highest BCUT2D eigenvalue weighted by Gasteiger charge is 2.27. The molecule has 3 aromatic rings. The zero-order chi connectivity index (χ0) is 26.6. The van der Waals surface area contributed by atoms with Gasteiger partial charge in [0.15, 0.2) is 0 Å². The average Bonchev–Trinajstić information content (AvgIpc) is 3.09. The van der Waals surface area contributed by atoms with Gasteiger partial charge in [0.1, 0.15) is 0 Å². The van der Waals surface area contributed by atoms with E-state index in [0.717, 1.165) is 84.3 Å². The van der Waals surface area contributed by atoms with Crippen molar-refractivity contribution >= 4 is 17.1 Å². The van der Waals surface area contributed by atoms with Crippen molar-refractivity contribution < 1.29 is 14.3 Å². The molecule has 1 N–H and O–H groups in total. The molecular formula is C33H33FN2O2. The first-order chi connectivity index (χ1) is 18.5. The van der Waals surface area contributed by atoms with Crippen molar-refractivity contribution in [1.29, 1.82) is 5.26 Å². The van der Waals surface area contributed by atoms with Crippen molar-refractivity contribution in [3.8, 4) is 6.07 Å². The fourth-order valence-electron chi connectivity index (χ4n) is 6.07. The Morgan fingerprint density at radius 2 is 1.89 bits per heavy atom. The lowest BCUT2D eigenvalue weighted by molar-refractivity contribution is 0.0696. The van der Waals surface area contributed by atoms with Gasteiger partial charge in [-0.05, 0) is 108 Å². The monoisotopic (exact) mass is 508 g/mol. The van der Waals surface area contributed by atoms with Crippen LogP contribution >= 0.6 is 0 Å². The molecular weight excluding hydrogens is 475 g/mol. The number of halogens is 1. The van der Waals surface area contributed by atoms with Gasteiger partial charge in [-0.2, -0.15) is 5.26 Å². The number of allylic oxidation sites excluding steroid dienone is 1. The van der Waals surface area contributed by atoms with Crippen LogP contribution in [0.2, 0.25) is 0 Å². The Bertz CT molecular complexity index is 1410. The van der Waals surface area contributed by atoms with Crippen molar-refractivity contribution in [3.05, 3.63) is 105 Å². The van der Waals surface area contributed by atoms with E-state index in [-0.39, 0.29) is 6.67 Å². The molecule has 4 nitrogen and oxygen atoms in total. The minimum absolute atomic E-state index is 0.250. The Morgan fingerprint density at radius 3 is 2.61 bits per heavy atom. The average molecular weight is 509 g/mol. The lowest BCUT2D eigenvalue weighted by Crippen LogP contribution is -2.47. The first-order valence-electron chi connectivity index (χ1n) is 13.5. The Morgan fingerprint density at radius 1 is 1.11 bits per heavy atom.